The standard InChI is InChI=1S/C16H10BrClN2O2/c17-12-4-5-14-11(7-12)8-15(22-14)16(21)20-19-9-10-2-1-3-13(18)6-10/h1-9H,(H,20,21)/b19-9+. The van der Waals surface area contributed by atoms with E-state index in [1.54, 1.807) is 24.3 Å². The molecule has 0 saturated heterocycles. The molecule has 1 N–H and O–H groups in total. The number of hydrazone groups is 1. The Morgan fingerprint density at radius 1 is 1.23 bits per heavy atom. The normalized spacial score (nSPS) is 11.2. The van der Waals surface area contributed by atoms with E-state index in [0.717, 1.165) is 15.4 Å². The second-order valence-electron chi connectivity index (χ2n) is 4.55. The minimum atomic E-state index is -0.411. The summed E-state index contributed by atoms with van der Waals surface area (Å²) >= 11 is 9.25. The topological polar surface area (TPSA) is 54.6 Å². The summed E-state index contributed by atoms with van der Waals surface area (Å²) in [5.41, 5.74) is 3.86. The van der Waals surface area contributed by atoms with E-state index in [1.807, 2.05) is 24.3 Å². The fraction of sp³-hybridized carbons (Fsp3) is 0. The molecular formula is C16H10BrClN2O2. The number of carbonyl (C=O) groups excluding carboxylic acids is 1. The fourth-order valence-corrected chi connectivity index (χ4v) is 2.51. The molecule has 0 aliphatic carbocycles. The van der Waals surface area contributed by atoms with Crippen molar-refractivity contribution in [2.24, 2.45) is 5.10 Å². The van der Waals surface area contributed by atoms with Crippen LogP contribution in [0.15, 0.2) is 62.5 Å². The number of nitrogens with zero attached hydrogens (tertiary/aromatic N) is 1. The van der Waals surface area contributed by atoms with Gasteiger partial charge < -0.3 is 4.42 Å². The highest BCUT2D eigenvalue weighted by Gasteiger charge is 2.11. The van der Waals surface area contributed by atoms with Crippen LogP contribution in [0.4, 0.5) is 0 Å². The van der Waals surface area contributed by atoms with Crippen molar-refractivity contribution in [3.63, 3.8) is 0 Å². The minimum absolute atomic E-state index is 0.205. The monoisotopic (exact) mass is 376 g/mol. The molecule has 0 saturated carbocycles. The Balaban J connectivity index is 1.73. The van der Waals surface area contributed by atoms with Gasteiger partial charge in [0, 0.05) is 14.9 Å². The van der Waals surface area contributed by atoms with Gasteiger partial charge in [-0.3, -0.25) is 4.79 Å². The molecule has 1 amide bonds. The number of hydrogen-bond donors (Lipinski definition) is 1. The van der Waals surface area contributed by atoms with Crippen LogP contribution in [0.5, 0.6) is 0 Å². The van der Waals surface area contributed by atoms with Gasteiger partial charge in [-0.15, -0.1) is 0 Å². The number of benzene rings is 2. The Morgan fingerprint density at radius 3 is 2.91 bits per heavy atom. The van der Waals surface area contributed by atoms with E-state index in [4.69, 9.17) is 16.0 Å². The summed E-state index contributed by atoms with van der Waals surface area (Å²) in [6.45, 7) is 0. The van der Waals surface area contributed by atoms with Gasteiger partial charge in [-0.1, -0.05) is 39.7 Å². The molecule has 110 valence electrons. The predicted octanol–water partition coefficient (Wildman–Crippen LogP) is 4.61. The van der Waals surface area contributed by atoms with E-state index in [1.165, 1.54) is 6.21 Å². The number of rotatable bonds is 3. The molecule has 0 spiro atoms. The summed E-state index contributed by atoms with van der Waals surface area (Å²) in [6.07, 6.45) is 1.52. The molecule has 0 aliphatic heterocycles. The first kappa shape index (κ1) is 14.8. The van der Waals surface area contributed by atoms with Crippen molar-refractivity contribution in [1.29, 1.82) is 0 Å². The Labute approximate surface area is 139 Å². The zero-order valence-electron chi connectivity index (χ0n) is 11.2. The van der Waals surface area contributed by atoms with Crippen LogP contribution in [0.25, 0.3) is 11.0 Å². The Hall–Kier alpha value is -2.11. The van der Waals surface area contributed by atoms with Crippen LogP contribution in [0.3, 0.4) is 0 Å². The SMILES string of the molecule is O=C(N/N=C/c1cccc(Cl)c1)c1cc2cc(Br)ccc2o1. The second kappa shape index (κ2) is 6.34. The third-order valence-electron chi connectivity index (χ3n) is 2.93. The molecule has 0 atom stereocenters. The number of carbonyl (C=O) groups is 1. The first-order valence-corrected chi connectivity index (χ1v) is 7.57. The maximum atomic E-state index is 12.0. The molecule has 0 aliphatic rings. The number of furan rings is 1. The number of fused-ring (bicyclic) bond motifs is 1. The van der Waals surface area contributed by atoms with Crippen molar-refractivity contribution in [2.45, 2.75) is 0 Å². The van der Waals surface area contributed by atoms with Gasteiger partial charge >= 0.3 is 5.91 Å². The molecule has 0 fully saturated rings. The smallest absolute Gasteiger partial charge is 0.307 e. The summed E-state index contributed by atoms with van der Waals surface area (Å²) < 4.78 is 6.40. The van der Waals surface area contributed by atoms with Gasteiger partial charge in [0.05, 0.1) is 6.21 Å². The van der Waals surface area contributed by atoms with E-state index in [9.17, 15) is 4.79 Å². The minimum Gasteiger partial charge on any atom is -0.451 e. The highest BCUT2D eigenvalue weighted by atomic mass is 79.9. The average Bonchev–Trinajstić information content (AvgIpc) is 2.90. The number of halogens is 2. The molecule has 6 heteroatoms. The molecule has 3 aromatic rings. The average molecular weight is 378 g/mol. The quantitative estimate of drug-likeness (QED) is 0.535. The first-order chi connectivity index (χ1) is 10.6. The lowest BCUT2D eigenvalue weighted by atomic mass is 10.2. The highest BCUT2D eigenvalue weighted by molar-refractivity contribution is 9.10. The molecule has 2 aromatic carbocycles. The van der Waals surface area contributed by atoms with Crippen molar-refractivity contribution in [3.05, 3.63) is 69.3 Å². The van der Waals surface area contributed by atoms with E-state index in [-0.39, 0.29) is 5.76 Å². The lowest BCUT2D eigenvalue weighted by Crippen LogP contribution is -2.16. The highest BCUT2D eigenvalue weighted by Crippen LogP contribution is 2.23. The fourth-order valence-electron chi connectivity index (χ4n) is 1.93. The predicted molar refractivity (Wildman–Crippen MR) is 90.4 cm³/mol. The summed E-state index contributed by atoms with van der Waals surface area (Å²) in [7, 11) is 0. The number of hydrogen-bond acceptors (Lipinski definition) is 3. The van der Waals surface area contributed by atoms with Crippen LogP contribution in [0.2, 0.25) is 5.02 Å². The van der Waals surface area contributed by atoms with Crippen molar-refractivity contribution in [2.75, 3.05) is 0 Å². The second-order valence-corrected chi connectivity index (χ2v) is 5.90. The van der Waals surface area contributed by atoms with Gasteiger partial charge in [0.15, 0.2) is 5.76 Å². The van der Waals surface area contributed by atoms with E-state index in [0.29, 0.717) is 10.6 Å². The van der Waals surface area contributed by atoms with Gasteiger partial charge in [-0.2, -0.15) is 5.10 Å². The van der Waals surface area contributed by atoms with Crippen molar-refractivity contribution in [1.82, 2.24) is 5.43 Å². The van der Waals surface area contributed by atoms with Crippen LogP contribution in [-0.4, -0.2) is 12.1 Å². The van der Waals surface area contributed by atoms with Gasteiger partial charge in [-0.05, 0) is 42.0 Å². The molecule has 4 nitrogen and oxygen atoms in total. The van der Waals surface area contributed by atoms with Crippen molar-refractivity contribution >= 4 is 50.6 Å². The van der Waals surface area contributed by atoms with Crippen LogP contribution in [0.1, 0.15) is 16.1 Å². The third-order valence-corrected chi connectivity index (χ3v) is 3.66. The van der Waals surface area contributed by atoms with E-state index >= 15 is 0 Å². The Bertz CT molecular complexity index is 873. The largest absolute Gasteiger partial charge is 0.451 e. The van der Waals surface area contributed by atoms with E-state index in [2.05, 4.69) is 26.5 Å². The maximum absolute atomic E-state index is 12.0. The maximum Gasteiger partial charge on any atom is 0.307 e. The first-order valence-electron chi connectivity index (χ1n) is 6.40. The van der Waals surface area contributed by atoms with Gasteiger partial charge in [-0.25, -0.2) is 5.43 Å². The number of nitrogens with one attached hydrogen (secondary N) is 1. The lowest BCUT2D eigenvalue weighted by molar-refractivity contribution is 0.0929. The van der Waals surface area contributed by atoms with E-state index < -0.39 is 5.91 Å². The lowest BCUT2D eigenvalue weighted by Gasteiger charge is -1.96. The zero-order valence-corrected chi connectivity index (χ0v) is 13.6. The van der Waals surface area contributed by atoms with Gasteiger partial charge in [0.25, 0.3) is 0 Å². The molecule has 1 aromatic heterocycles. The van der Waals surface area contributed by atoms with Gasteiger partial charge in [0.1, 0.15) is 5.58 Å². The molecule has 0 unspecified atom stereocenters. The molecule has 1 heterocycles. The van der Waals surface area contributed by atoms with Crippen LogP contribution >= 0.6 is 27.5 Å². The molecule has 22 heavy (non-hydrogen) atoms. The molecule has 3 rings (SSSR count). The third kappa shape index (κ3) is 3.37. The molecule has 0 bridgehead atoms. The Kier molecular flexibility index (Phi) is 4.27. The zero-order chi connectivity index (χ0) is 15.5. The van der Waals surface area contributed by atoms with Crippen molar-refractivity contribution in [3.8, 4) is 0 Å². The Morgan fingerprint density at radius 2 is 2.09 bits per heavy atom. The van der Waals surface area contributed by atoms with Crippen molar-refractivity contribution < 1.29 is 9.21 Å². The summed E-state index contributed by atoms with van der Waals surface area (Å²) in [6, 6.07) is 14.4. The summed E-state index contributed by atoms with van der Waals surface area (Å²) in [5, 5.41) is 5.35. The van der Waals surface area contributed by atoms with Gasteiger partial charge in [0.2, 0.25) is 0 Å². The summed E-state index contributed by atoms with van der Waals surface area (Å²) in [4.78, 5) is 12.0. The van der Waals surface area contributed by atoms with Crippen LogP contribution in [0, 0.1) is 0 Å². The summed E-state index contributed by atoms with van der Waals surface area (Å²) in [5.74, 6) is -0.207. The van der Waals surface area contributed by atoms with Crippen LogP contribution in [-0.2, 0) is 0 Å². The van der Waals surface area contributed by atoms with Crippen LogP contribution < -0.4 is 5.43 Å². The molecule has 0 radical (unpaired) electrons. The molecular weight excluding hydrogens is 368 g/mol. The number of amides is 1.